The molecule has 5 heteroatoms. The van der Waals surface area contributed by atoms with Crippen LogP contribution in [-0.2, 0) is 9.53 Å². The number of amides is 1. The minimum absolute atomic E-state index is 0.343. The summed E-state index contributed by atoms with van der Waals surface area (Å²) in [7, 11) is 0. The van der Waals surface area contributed by atoms with Gasteiger partial charge in [-0.3, -0.25) is 4.79 Å². The molecule has 1 saturated heterocycles. The molecule has 1 atom stereocenters. The summed E-state index contributed by atoms with van der Waals surface area (Å²) in [5, 5.41) is 9.39. The van der Waals surface area contributed by atoms with Gasteiger partial charge in [0.05, 0.1) is 5.41 Å². The molecule has 5 nitrogen and oxygen atoms in total. The van der Waals surface area contributed by atoms with Crippen LogP contribution >= 0.6 is 0 Å². The van der Waals surface area contributed by atoms with E-state index in [1.54, 1.807) is 4.90 Å². The first kappa shape index (κ1) is 15.8. The lowest BCUT2D eigenvalue weighted by Crippen LogP contribution is -2.38. The molecule has 0 saturated carbocycles. The molecule has 0 spiro atoms. The van der Waals surface area contributed by atoms with Crippen LogP contribution in [0, 0.1) is 5.41 Å². The Bertz CT molecular complexity index is 348. The molecule has 0 aromatic heterocycles. The monoisotopic (exact) mass is 271 g/mol. The van der Waals surface area contributed by atoms with Crippen molar-refractivity contribution < 1.29 is 19.4 Å². The lowest BCUT2D eigenvalue weighted by atomic mass is 9.78. The minimum atomic E-state index is -0.749. The zero-order chi connectivity index (χ0) is 14.7. The van der Waals surface area contributed by atoms with Gasteiger partial charge in [0.15, 0.2) is 0 Å². The van der Waals surface area contributed by atoms with E-state index in [9.17, 15) is 14.7 Å². The van der Waals surface area contributed by atoms with Crippen molar-refractivity contribution in [2.24, 2.45) is 5.41 Å². The molecule has 110 valence electrons. The Kier molecular flexibility index (Phi) is 4.82. The van der Waals surface area contributed by atoms with Gasteiger partial charge in [-0.25, -0.2) is 4.79 Å². The number of hydrogen-bond acceptors (Lipinski definition) is 3. The van der Waals surface area contributed by atoms with Gasteiger partial charge in [-0.15, -0.1) is 0 Å². The standard InChI is InChI=1S/C14H25NO4/c1-5-14(11(16)17)7-6-9-15(10-8-14)12(18)19-13(2,3)4/h5-10H2,1-4H3,(H,16,17)/t14-/m1/s1. The van der Waals surface area contributed by atoms with Crippen LogP contribution in [0.15, 0.2) is 0 Å². The second-order valence-electron chi connectivity index (χ2n) is 6.26. The van der Waals surface area contributed by atoms with Gasteiger partial charge in [0, 0.05) is 13.1 Å². The van der Waals surface area contributed by atoms with Crippen LogP contribution in [0.2, 0.25) is 0 Å². The first-order chi connectivity index (χ1) is 8.70. The molecular formula is C14H25NO4. The third-order valence-corrected chi connectivity index (χ3v) is 3.73. The van der Waals surface area contributed by atoms with Crippen molar-refractivity contribution in [3.63, 3.8) is 0 Å². The summed E-state index contributed by atoms with van der Waals surface area (Å²) >= 11 is 0. The van der Waals surface area contributed by atoms with Gasteiger partial charge < -0.3 is 14.7 Å². The van der Waals surface area contributed by atoms with Gasteiger partial charge in [-0.2, -0.15) is 0 Å². The van der Waals surface area contributed by atoms with E-state index in [0.717, 1.165) is 0 Å². The lowest BCUT2D eigenvalue weighted by Gasteiger charge is -2.28. The van der Waals surface area contributed by atoms with E-state index in [1.165, 1.54) is 0 Å². The normalized spacial score (nSPS) is 24.7. The Morgan fingerprint density at radius 2 is 1.89 bits per heavy atom. The van der Waals surface area contributed by atoms with Gasteiger partial charge in [0.25, 0.3) is 0 Å². The van der Waals surface area contributed by atoms with E-state index < -0.39 is 17.0 Å². The summed E-state index contributed by atoms with van der Waals surface area (Å²) in [5.74, 6) is -0.749. The average molecular weight is 271 g/mol. The molecule has 1 aliphatic heterocycles. The molecule has 1 fully saturated rings. The molecule has 0 aromatic rings. The lowest BCUT2D eigenvalue weighted by molar-refractivity contribution is -0.150. The molecule has 0 aliphatic carbocycles. The number of ether oxygens (including phenoxy) is 1. The maximum absolute atomic E-state index is 12.0. The fraction of sp³-hybridized carbons (Fsp3) is 0.857. The number of carbonyl (C=O) groups is 2. The van der Waals surface area contributed by atoms with Crippen LogP contribution in [0.3, 0.4) is 0 Å². The summed E-state index contributed by atoms with van der Waals surface area (Å²) in [5.41, 5.74) is -1.20. The highest BCUT2D eigenvalue weighted by atomic mass is 16.6. The Labute approximate surface area is 114 Å². The van der Waals surface area contributed by atoms with E-state index in [1.807, 2.05) is 27.7 Å². The summed E-state index contributed by atoms with van der Waals surface area (Å²) < 4.78 is 5.33. The van der Waals surface area contributed by atoms with Crippen LogP contribution in [0.4, 0.5) is 4.79 Å². The van der Waals surface area contributed by atoms with E-state index in [4.69, 9.17) is 4.74 Å². The van der Waals surface area contributed by atoms with E-state index in [-0.39, 0.29) is 6.09 Å². The number of nitrogens with zero attached hydrogens (tertiary/aromatic N) is 1. The van der Waals surface area contributed by atoms with Crippen molar-refractivity contribution in [2.75, 3.05) is 13.1 Å². The van der Waals surface area contributed by atoms with Crippen LogP contribution in [0.5, 0.6) is 0 Å². The first-order valence-corrected chi connectivity index (χ1v) is 6.91. The highest BCUT2D eigenvalue weighted by Crippen LogP contribution is 2.35. The molecule has 1 N–H and O–H groups in total. The summed E-state index contributed by atoms with van der Waals surface area (Å²) in [6.07, 6.45) is 2.09. The third kappa shape index (κ3) is 4.11. The van der Waals surface area contributed by atoms with Crippen molar-refractivity contribution in [2.45, 2.75) is 59.0 Å². The topological polar surface area (TPSA) is 66.8 Å². The van der Waals surface area contributed by atoms with Crippen molar-refractivity contribution in [1.29, 1.82) is 0 Å². The van der Waals surface area contributed by atoms with Crippen molar-refractivity contribution in [3.8, 4) is 0 Å². The van der Waals surface area contributed by atoms with Gasteiger partial charge in [0.1, 0.15) is 5.60 Å². The fourth-order valence-corrected chi connectivity index (χ4v) is 2.42. The van der Waals surface area contributed by atoms with E-state index >= 15 is 0 Å². The highest BCUT2D eigenvalue weighted by Gasteiger charge is 2.39. The molecule has 0 aromatic carbocycles. The molecule has 1 amide bonds. The van der Waals surface area contributed by atoms with Crippen LogP contribution in [0.25, 0.3) is 0 Å². The predicted molar refractivity (Wildman–Crippen MR) is 72.0 cm³/mol. The minimum Gasteiger partial charge on any atom is -0.481 e. The summed E-state index contributed by atoms with van der Waals surface area (Å²) in [6.45, 7) is 8.42. The smallest absolute Gasteiger partial charge is 0.410 e. The summed E-state index contributed by atoms with van der Waals surface area (Å²) in [6, 6.07) is 0. The largest absolute Gasteiger partial charge is 0.481 e. The Morgan fingerprint density at radius 1 is 1.26 bits per heavy atom. The Hall–Kier alpha value is -1.26. The number of hydrogen-bond donors (Lipinski definition) is 1. The molecule has 0 unspecified atom stereocenters. The quantitative estimate of drug-likeness (QED) is 0.838. The number of rotatable bonds is 2. The second kappa shape index (κ2) is 5.80. The number of carbonyl (C=O) groups excluding carboxylic acids is 1. The highest BCUT2D eigenvalue weighted by molar-refractivity contribution is 5.75. The van der Waals surface area contributed by atoms with Crippen LogP contribution in [0.1, 0.15) is 53.4 Å². The van der Waals surface area contributed by atoms with E-state index in [2.05, 4.69) is 0 Å². The van der Waals surface area contributed by atoms with Crippen LogP contribution in [-0.4, -0.2) is 40.8 Å². The maximum Gasteiger partial charge on any atom is 0.410 e. The molecule has 1 heterocycles. The SMILES string of the molecule is CC[C@@]1(C(=O)O)CCCN(C(=O)OC(C)(C)C)CC1. The van der Waals surface area contributed by atoms with Gasteiger partial charge in [-0.1, -0.05) is 6.92 Å². The fourth-order valence-electron chi connectivity index (χ4n) is 2.42. The van der Waals surface area contributed by atoms with Crippen molar-refractivity contribution in [1.82, 2.24) is 4.90 Å². The van der Waals surface area contributed by atoms with Gasteiger partial charge in [-0.05, 0) is 46.5 Å². The number of aliphatic carboxylic acids is 1. The average Bonchev–Trinajstić information content (AvgIpc) is 2.49. The number of carboxylic acids is 1. The third-order valence-electron chi connectivity index (χ3n) is 3.73. The zero-order valence-corrected chi connectivity index (χ0v) is 12.4. The van der Waals surface area contributed by atoms with Crippen LogP contribution < -0.4 is 0 Å². The first-order valence-electron chi connectivity index (χ1n) is 6.91. The maximum atomic E-state index is 12.0. The molecular weight excluding hydrogens is 246 g/mol. The van der Waals surface area contributed by atoms with Gasteiger partial charge in [0.2, 0.25) is 0 Å². The Balaban J connectivity index is 2.69. The van der Waals surface area contributed by atoms with Crippen molar-refractivity contribution in [3.05, 3.63) is 0 Å². The molecule has 0 radical (unpaired) electrons. The molecule has 1 rings (SSSR count). The Morgan fingerprint density at radius 3 is 2.37 bits per heavy atom. The van der Waals surface area contributed by atoms with Gasteiger partial charge >= 0.3 is 12.1 Å². The molecule has 19 heavy (non-hydrogen) atoms. The zero-order valence-electron chi connectivity index (χ0n) is 12.4. The second-order valence-corrected chi connectivity index (χ2v) is 6.26. The number of carboxylic acid groups (broad SMARTS) is 1. The number of likely N-dealkylation sites (tertiary alicyclic amines) is 1. The molecule has 0 bridgehead atoms. The summed E-state index contributed by atoms with van der Waals surface area (Å²) in [4.78, 5) is 25.1. The predicted octanol–water partition coefficient (Wildman–Crippen LogP) is 2.89. The molecule has 1 aliphatic rings. The van der Waals surface area contributed by atoms with Crippen molar-refractivity contribution >= 4 is 12.1 Å². The van der Waals surface area contributed by atoms with E-state index in [0.29, 0.717) is 38.8 Å².